The Morgan fingerprint density at radius 3 is 1.78 bits per heavy atom. The maximum Gasteiger partial charge on any atom is 0.501 e. The fraction of sp³-hybridized carbons (Fsp3) is 1.00. The van der Waals surface area contributed by atoms with E-state index < -0.39 is 20.7 Å². The van der Waals surface area contributed by atoms with E-state index in [1.165, 1.54) is 0 Å². The number of hydrogen-bond acceptors (Lipinski definition) is 6. The maximum absolute atomic E-state index is 5.99. The van der Waals surface area contributed by atoms with Crippen molar-refractivity contribution in [1.29, 1.82) is 0 Å². The van der Waals surface area contributed by atoms with Crippen molar-refractivity contribution in [2.45, 2.75) is 58.5 Å². The average molecular weight is 279 g/mol. The molecule has 0 radical (unpaired) electrons. The first kappa shape index (κ1) is 18.0. The summed E-state index contributed by atoms with van der Waals surface area (Å²) in [4.78, 5) is 0. The van der Waals surface area contributed by atoms with Crippen LogP contribution < -0.4 is 17.2 Å². The molecule has 0 saturated carbocycles. The normalized spacial score (nSPS) is 14.8. The third-order valence-electron chi connectivity index (χ3n) is 2.53. The van der Waals surface area contributed by atoms with Crippen LogP contribution in [0.3, 0.4) is 0 Å². The highest BCUT2D eigenvalue weighted by atomic mass is 28.4. The van der Waals surface area contributed by atoms with E-state index in [0.717, 1.165) is 12.5 Å². The summed E-state index contributed by atoms with van der Waals surface area (Å²) in [5, 5.41) is 0. The monoisotopic (exact) mass is 279 g/mol. The molecule has 110 valence electrons. The third kappa shape index (κ3) is 5.74. The molecule has 0 aliphatic carbocycles. The fourth-order valence-electron chi connectivity index (χ4n) is 1.81. The van der Waals surface area contributed by atoms with E-state index in [4.69, 9.17) is 30.5 Å². The predicted octanol–water partition coefficient (Wildman–Crippen LogP) is 0.733. The van der Waals surface area contributed by atoms with Gasteiger partial charge in [-0.2, -0.15) is 0 Å². The van der Waals surface area contributed by atoms with Gasteiger partial charge >= 0.3 is 8.80 Å². The van der Waals surface area contributed by atoms with Gasteiger partial charge in [-0.3, -0.25) is 17.2 Å². The third-order valence-corrected chi connectivity index (χ3v) is 5.75. The van der Waals surface area contributed by atoms with Crippen LogP contribution in [-0.4, -0.2) is 33.9 Å². The van der Waals surface area contributed by atoms with Gasteiger partial charge in [0.1, 0.15) is 5.79 Å². The van der Waals surface area contributed by atoms with Gasteiger partial charge in [-0.15, -0.1) is 0 Å². The Labute approximate surface area is 111 Å². The second-order valence-corrected chi connectivity index (χ2v) is 6.99. The van der Waals surface area contributed by atoms with Crippen LogP contribution in [0.1, 0.15) is 40.5 Å². The van der Waals surface area contributed by atoms with Gasteiger partial charge in [0.2, 0.25) is 0 Å². The van der Waals surface area contributed by atoms with Crippen LogP contribution in [0.15, 0.2) is 0 Å². The van der Waals surface area contributed by atoms with Gasteiger partial charge in [-0.25, -0.2) is 0 Å². The van der Waals surface area contributed by atoms with E-state index in [9.17, 15) is 0 Å². The molecule has 0 aliphatic heterocycles. The quantitative estimate of drug-likeness (QED) is 0.402. The minimum atomic E-state index is -2.73. The zero-order valence-electron chi connectivity index (χ0n) is 12.1. The molecule has 6 nitrogen and oxygen atoms in total. The molecule has 0 spiro atoms. The molecule has 6 N–H and O–H groups in total. The van der Waals surface area contributed by atoms with Gasteiger partial charge in [-0.05, 0) is 20.3 Å². The largest absolute Gasteiger partial charge is 0.501 e. The van der Waals surface area contributed by atoms with E-state index >= 15 is 0 Å². The van der Waals surface area contributed by atoms with Gasteiger partial charge in [0.15, 0.2) is 0 Å². The van der Waals surface area contributed by atoms with Crippen molar-refractivity contribution in [2.24, 2.45) is 17.2 Å². The molecule has 1 unspecified atom stereocenters. The van der Waals surface area contributed by atoms with Crippen molar-refractivity contribution in [1.82, 2.24) is 0 Å². The second-order valence-electron chi connectivity index (χ2n) is 4.31. The molecule has 18 heavy (non-hydrogen) atoms. The summed E-state index contributed by atoms with van der Waals surface area (Å²) in [5.74, 6) is -1.38. The van der Waals surface area contributed by atoms with Crippen molar-refractivity contribution in [3.63, 3.8) is 0 Å². The molecule has 0 aliphatic rings. The molecule has 0 bridgehead atoms. The van der Waals surface area contributed by atoms with Crippen LogP contribution in [0.4, 0.5) is 0 Å². The molecule has 0 heterocycles. The summed E-state index contributed by atoms with van der Waals surface area (Å²) in [6.07, 6.45) is 1.05. The molecule has 0 aromatic heterocycles. The first-order valence-electron chi connectivity index (χ1n) is 6.67. The standard InChI is InChI=1S/C11H29N3O3Si/c1-5-9-18(15-7-3,16-8-4)17-10(6-2)11(12,13)14/h10H,5-9,12-14H2,1-4H3. The molecule has 0 rings (SSSR count). The average Bonchev–Trinajstić information content (AvgIpc) is 2.25. The lowest BCUT2D eigenvalue weighted by Crippen LogP contribution is -2.69. The molecule has 0 saturated heterocycles. The van der Waals surface area contributed by atoms with Crippen LogP contribution >= 0.6 is 0 Å². The van der Waals surface area contributed by atoms with Crippen molar-refractivity contribution in [3.8, 4) is 0 Å². The van der Waals surface area contributed by atoms with Crippen molar-refractivity contribution in [2.75, 3.05) is 13.2 Å². The van der Waals surface area contributed by atoms with Gasteiger partial charge < -0.3 is 13.3 Å². The summed E-state index contributed by atoms with van der Waals surface area (Å²) in [6, 6.07) is 0.737. The van der Waals surface area contributed by atoms with Crippen LogP contribution in [0, 0.1) is 0 Å². The molecule has 0 aromatic carbocycles. The summed E-state index contributed by atoms with van der Waals surface area (Å²) < 4.78 is 17.5. The molecule has 1 atom stereocenters. The number of hydrogen-bond donors (Lipinski definition) is 3. The molecular formula is C11H29N3O3Si. The molecule has 0 aromatic rings. The second kappa shape index (κ2) is 8.21. The van der Waals surface area contributed by atoms with Gasteiger partial charge in [0.25, 0.3) is 0 Å². The molecule has 7 heteroatoms. The van der Waals surface area contributed by atoms with Gasteiger partial charge in [-0.1, -0.05) is 20.3 Å². The van der Waals surface area contributed by atoms with E-state index in [1.807, 2.05) is 20.8 Å². The molecule has 0 fully saturated rings. The first-order chi connectivity index (χ1) is 8.35. The summed E-state index contributed by atoms with van der Waals surface area (Å²) >= 11 is 0. The first-order valence-corrected chi connectivity index (χ1v) is 8.60. The minimum absolute atomic E-state index is 0.478. The van der Waals surface area contributed by atoms with E-state index in [2.05, 4.69) is 6.92 Å². The Hall–Kier alpha value is -0.0231. The highest BCUT2D eigenvalue weighted by molar-refractivity contribution is 6.60. The maximum atomic E-state index is 5.99. The van der Waals surface area contributed by atoms with Crippen molar-refractivity contribution >= 4 is 8.80 Å². The lowest BCUT2D eigenvalue weighted by atomic mass is 10.2. The zero-order valence-corrected chi connectivity index (χ0v) is 13.1. The Balaban J connectivity index is 4.92. The summed E-state index contributed by atoms with van der Waals surface area (Å²) in [5.41, 5.74) is 17.2. The predicted molar refractivity (Wildman–Crippen MR) is 74.6 cm³/mol. The minimum Gasteiger partial charge on any atom is -0.374 e. The number of nitrogens with two attached hydrogens (primary N) is 3. The van der Waals surface area contributed by atoms with Crippen LogP contribution in [0.25, 0.3) is 0 Å². The highest BCUT2D eigenvalue weighted by Gasteiger charge is 2.44. The SMILES string of the molecule is CCC[Si](OCC)(OCC)OC(CC)C(N)(N)N. The summed E-state index contributed by atoms with van der Waals surface area (Å²) in [6.45, 7) is 8.90. The zero-order chi connectivity index (χ0) is 14.2. The van der Waals surface area contributed by atoms with E-state index in [0.29, 0.717) is 19.6 Å². The molecular weight excluding hydrogens is 250 g/mol. The summed E-state index contributed by atoms with van der Waals surface area (Å²) in [7, 11) is -2.73. The van der Waals surface area contributed by atoms with E-state index in [-0.39, 0.29) is 0 Å². The number of rotatable bonds is 10. The topological polar surface area (TPSA) is 106 Å². The van der Waals surface area contributed by atoms with Crippen LogP contribution in [-0.2, 0) is 13.3 Å². The van der Waals surface area contributed by atoms with Crippen molar-refractivity contribution in [3.05, 3.63) is 0 Å². The lowest BCUT2D eigenvalue weighted by Gasteiger charge is -2.37. The Morgan fingerprint density at radius 1 is 1.00 bits per heavy atom. The van der Waals surface area contributed by atoms with Gasteiger partial charge in [0, 0.05) is 19.3 Å². The fourth-order valence-corrected chi connectivity index (χ4v) is 4.74. The van der Waals surface area contributed by atoms with Crippen molar-refractivity contribution < 1.29 is 13.3 Å². The lowest BCUT2D eigenvalue weighted by molar-refractivity contribution is 0.000429. The highest BCUT2D eigenvalue weighted by Crippen LogP contribution is 2.22. The Kier molecular flexibility index (Phi) is 8.20. The Morgan fingerprint density at radius 2 is 1.50 bits per heavy atom. The molecule has 0 amide bonds. The Bertz CT molecular complexity index is 207. The van der Waals surface area contributed by atoms with Gasteiger partial charge in [0.05, 0.1) is 6.10 Å². The smallest absolute Gasteiger partial charge is 0.374 e. The van der Waals surface area contributed by atoms with E-state index in [1.54, 1.807) is 0 Å². The van der Waals surface area contributed by atoms with Crippen LogP contribution in [0.2, 0.25) is 6.04 Å². The van der Waals surface area contributed by atoms with Crippen LogP contribution in [0.5, 0.6) is 0 Å².